The van der Waals surface area contributed by atoms with Gasteiger partial charge in [0.2, 0.25) is 0 Å². The summed E-state index contributed by atoms with van der Waals surface area (Å²) < 4.78 is 11.4. The fourth-order valence-corrected chi connectivity index (χ4v) is 2.72. The summed E-state index contributed by atoms with van der Waals surface area (Å²) in [6, 6.07) is 6.62. The molecule has 3 nitrogen and oxygen atoms in total. The highest BCUT2D eigenvalue weighted by molar-refractivity contribution is 5.40. The Morgan fingerprint density at radius 1 is 1.37 bits per heavy atom. The first-order valence-electron chi connectivity index (χ1n) is 7.11. The third-order valence-electron chi connectivity index (χ3n) is 3.71. The van der Waals surface area contributed by atoms with Crippen LogP contribution in [-0.4, -0.2) is 26.9 Å². The zero-order valence-corrected chi connectivity index (χ0v) is 12.4. The van der Waals surface area contributed by atoms with Crippen LogP contribution in [0.3, 0.4) is 0 Å². The van der Waals surface area contributed by atoms with Gasteiger partial charge in [0.25, 0.3) is 0 Å². The van der Waals surface area contributed by atoms with Crippen LogP contribution in [0.5, 0.6) is 5.75 Å². The molecule has 2 unspecified atom stereocenters. The predicted octanol–water partition coefficient (Wildman–Crippen LogP) is 2.94. The summed E-state index contributed by atoms with van der Waals surface area (Å²) in [7, 11) is 3.72. The van der Waals surface area contributed by atoms with Crippen molar-refractivity contribution in [1.29, 1.82) is 0 Å². The Bertz CT molecular complexity index is 417. The molecule has 1 N–H and O–H groups in total. The molecule has 2 atom stereocenters. The summed E-state index contributed by atoms with van der Waals surface area (Å²) >= 11 is 0. The van der Waals surface area contributed by atoms with Gasteiger partial charge in [-0.15, -0.1) is 0 Å². The van der Waals surface area contributed by atoms with E-state index in [0.29, 0.717) is 5.92 Å². The monoisotopic (exact) mass is 263 g/mol. The Labute approximate surface area is 116 Å². The predicted molar refractivity (Wildman–Crippen MR) is 77.7 cm³/mol. The van der Waals surface area contributed by atoms with Crippen LogP contribution in [-0.2, 0) is 11.2 Å². The van der Waals surface area contributed by atoms with Gasteiger partial charge >= 0.3 is 0 Å². The van der Waals surface area contributed by atoms with Gasteiger partial charge in [0, 0.05) is 6.61 Å². The van der Waals surface area contributed by atoms with Crippen molar-refractivity contribution < 1.29 is 9.47 Å². The van der Waals surface area contributed by atoms with Crippen molar-refractivity contribution in [2.45, 2.75) is 38.8 Å². The van der Waals surface area contributed by atoms with E-state index in [2.05, 4.69) is 31.3 Å². The maximum Gasteiger partial charge on any atom is 0.119 e. The number of methoxy groups -OCH3 is 1. The van der Waals surface area contributed by atoms with E-state index in [9.17, 15) is 0 Å². The zero-order valence-electron chi connectivity index (χ0n) is 12.4. The number of ether oxygens (including phenoxy) is 2. The molecule has 0 radical (unpaired) electrons. The van der Waals surface area contributed by atoms with Gasteiger partial charge in [-0.3, -0.25) is 0 Å². The normalized spacial score (nSPS) is 22.4. The molecule has 0 amide bonds. The van der Waals surface area contributed by atoms with Crippen molar-refractivity contribution in [2.24, 2.45) is 5.92 Å². The fourth-order valence-electron chi connectivity index (χ4n) is 2.72. The van der Waals surface area contributed by atoms with Crippen LogP contribution in [0.1, 0.15) is 37.4 Å². The lowest BCUT2D eigenvalue weighted by molar-refractivity contribution is 0.00345. The maximum absolute atomic E-state index is 6.07. The molecule has 1 aromatic rings. The number of aryl methyl sites for hydroxylation is 1. The Hall–Kier alpha value is -1.06. The van der Waals surface area contributed by atoms with E-state index in [4.69, 9.17) is 9.47 Å². The first kappa shape index (κ1) is 14.4. The van der Waals surface area contributed by atoms with Crippen LogP contribution in [0.15, 0.2) is 18.2 Å². The average Bonchev–Trinajstić information content (AvgIpc) is 2.43. The number of nitrogens with one attached hydrogen (secondary N) is 1. The third kappa shape index (κ3) is 3.28. The summed E-state index contributed by atoms with van der Waals surface area (Å²) in [4.78, 5) is 0. The second-order valence-electron chi connectivity index (χ2n) is 5.64. The summed E-state index contributed by atoms with van der Waals surface area (Å²) in [5.41, 5.74) is 2.73. The lowest BCUT2D eigenvalue weighted by Crippen LogP contribution is -2.36. The van der Waals surface area contributed by atoms with Gasteiger partial charge < -0.3 is 14.8 Å². The number of fused-ring (bicyclic) bond motifs is 1. The molecule has 0 aromatic heterocycles. The van der Waals surface area contributed by atoms with Crippen LogP contribution in [0, 0.1) is 5.92 Å². The minimum Gasteiger partial charge on any atom is -0.497 e. The molecule has 0 aliphatic heterocycles. The van der Waals surface area contributed by atoms with Gasteiger partial charge in [0.05, 0.1) is 19.3 Å². The minimum absolute atomic E-state index is 0.256. The van der Waals surface area contributed by atoms with Crippen molar-refractivity contribution in [2.75, 3.05) is 20.8 Å². The number of rotatable bonds is 5. The van der Waals surface area contributed by atoms with E-state index >= 15 is 0 Å². The summed E-state index contributed by atoms with van der Waals surface area (Å²) in [6.45, 7) is 5.20. The second kappa shape index (κ2) is 6.40. The second-order valence-corrected chi connectivity index (χ2v) is 5.64. The van der Waals surface area contributed by atoms with E-state index in [0.717, 1.165) is 25.2 Å². The van der Waals surface area contributed by atoms with Crippen molar-refractivity contribution >= 4 is 0 Å². The number of hydrogen-bond donors (Lipinski definition) is 1. The van der Waals surface area contributed by atoms with Gasteiger partial charge in [0.15, 0.2) is 0 Å². The van der Waals surface area contributed by atoms with Crippen LogP contribution < -0.4 is 10.1 Å². The summed E-state index contributed by atoms with van der Waals surface area (Å²) in [5.74, 6) is 1.49. The topological polar surface area (TPSA) is 30.5 Å². The molecule has 1 aliphatic rings. The molecule has 2 rings (SSSR count). The number of benzene rings is 1. The molecule has 0 saturated carbocycles. The molecule has 3 heteroatoms. The standard InChI is InChI=1S/C16H25NO2/c1-11(2)10-19-15-8-6-12-5-7-13(18-4)9-14(12)16(15)17-3/h5,7,9,11,15-17H,6,8,10H2,1-4H3. The van der Waals surface area contributed by atoms with Gasteiger partial charge in [-0.1, -0.05) is 19.9 Å². The molecule has 0 fully saturated rings. The van der Waals surface area contributed by atoms with Gasteiger partial charge in [-0.05, 0) is 49.1 Å². The SMILES string of the molecule is CNC1c2cc(OC)ccc2CCC1OCC(C)C. The van der Waals surface area contributed by atoms with Gasteiger partial charge in [-0.2, -0.15) is 0 Å². The van der Waals surface area contributed by atoms with Crippen LogP contribution in [0.25, 0.3) is 0 Å². The van der Waals surface area contributed by atoms with Gasteiger partial charge in [0.1, 0.15) is 5.75 Å². The minimum atomic E-state index is 0.256. The van der Waals surface area contributed by atoms with Gasteiger partial charge in [-0.25, -0.2) is 0 Å². The Morgan fingerprint density at radius 3 is 2.79 bits per heavy atom. The largest absolute Gasteiger partial charge is 0.497 e. The molecule has 19 heavy (non-hydrogen) atoms. The maximum atomic E-state index is 6.07. The highest BCUT2D eigenvalue weighted by Gasteiger charge is 2.29. The Kier molecular flexibility index (Phi) is 4.83. The highest BCUT2D eigenvalue weighted by Crippen LogP contribution is 2.34. The molecule has 0 spiro atoms. The number of likely N-dealkylation sites (N-methyl/N-ethyl adjacent to an activating group) is 1. The summed E-state index contributed by atoms with van der Waals surface area (Å²) in [6.07, 6.45) is 2.42. The Balaban J connectivity index is 2.19. The molecule has 106 valence electrons. The van der Waals surface area contributed by atoms with E-state index < -0.39 is 0 Å². The molecular formula is C16H25NO2. The fraction of sp³-hybridized carbons (Fsp3) is 0.625. The zero-order chi connectivity index (χ0) is 13.8. The molecular weight excluding hydrogens is 238 g/mol. The van der Waals surface area contributed by atoms with Crippen molar-refractivity contribution in [3.05, 3.63) is 29.3 Å². The summed E-state index contributed by atoms with van der Waals surface area (Å²) in [5, 5.41) is 3.40. The average molecular weight is 263 g/mol. The molecule has 1 aromatic carbocycles. The van der Waals surface area contributed by atoms with Crippen molar-refractivity contribution in [1.82, 2.24) is 5.32 Å². The van der Waals surface area contributed by atoms with Crippen LogP contribution >= 0.6 is 0 Å². The molecule has 0 bridgehead atoms. The number of hydrogen-bond acceptors (Lipinski definition) is 3. The Morgan fingerprint density at radius 2 is 2.16 bits per heavy atom. The quantitative estimate of drug-likeness (QED) is 0.886. The van der Waals surface area contributed by atoms with E-state index in [-0.39, 0.29) is 12.1 Å². The highest BCUT2D eigenvalue weighted by atomic mass is 16.5. The van der Waals surface area contributed by atoms with Crippen molar-refractivity contribution in [3.63, 3.8) is 0 Å². The molecule has 1 aliphatic carbocycles. The first-order chi connectivity index (χ1) is 9.15. The van der Waals surface area contributed by atoms with E-state index in [1.807, 2.05) is 13.1 Å². The van der Waals surface area contributed by atoms with E-state index in [1.54, 1.807) is 7.11 Å². The molecule has 0 heterocycles. The third-order valence-corrected chi connectivity index (χ3v) is 3.71. The van der Waals surface area contributed by atoms with Crippen LogP contribution in [0.2, 0.25) is 0 Å². The van der Waals surface area contributed by atoms with Crippen molar-refractivity contribution in [3.8, 4) is 5.75 Å². The van der Waals surface area contributed by atoms with E-state index in [1.165, 1.54) is 11.1 Å². The van der Waals surface area contributed by atoms with Crippen LogP contribution in [0.4, 0.5) is 0 Å². The smallest absolute Gasteiger partial charge is 0.119 e. The first-order valence-corrected chi connectivity index (χ1v) is 7.11. The lowest BCUT2D eigenvalue weighted by Gasteiger charge is -2.34. The lowest BCUT2D eigenvalue weighted by atomic mass is 9.85. The molecule has 0 saturated heterocycles.